The summed E-state index contributed by atoms with van der Waals surface area (Å²) in [7, 11) is 0. The number of halogens is 2. The average molecular weight is 548 g/mol. The monoisotopic (exact) mass is 546 g/mol. The Labute approximate surface area is 229 Å². The molecule has 0 aliphatic heterocycles. The van der Waals surface area contributed by atoms with Crippen LogP contribution in [0.3, 0.4) is 0 Å². The van der Waals surface area contributed by atoms with Crippen molar-refractivity contribution in [3.8, 4) is 11.8 Å². The van der Waals surface area contributed by atoms with E-state index < -0.39 is 5.78 Å². The van der Waals surface area contributed by atoms with Gasteiger partial charge in [0.1, 0.15) is 16.3 Å². The van der Waals surface area contributed by atoms with E-state index in [-0.39, 0.29) is 15.8 Å². The summed E-state index contributed by atoms with van der Waals surface area (Å²) in [4.78, 5) is 27.3. The van der Waals surface area contributed by atoms with Crippen molar-refractivity contribution >= 4 is 52.0 Å². The highest BCUT2D eigenvalue weighted by molar-refractivity contribution is 7.07. The molecule has 0 spiro atoms. The lowest BCUT2D eigenvalue weighted by Gasteiger charge is -2.09. The summed E-state index contributed by atoms with van der Waals surface area (Å²) < 4.78 is 2.09. The zero-order valence-corrected chi connectivity index (χ0v) is 23.0. The minimum atomic E-state index is -0.429. The minimum absolute atomic E-state index is 0.0897. The molecule has 4 aromatic rings. The van der Waals surface area contributed by atoms with Crippen LogP contribution in [0.25, 0.3) is 17.3 Å². The molecule has 0 unspecified atom stereocenters. The molecule has 4 nitrogen and oxygen atoms in total. The summed E-state index contributed by atoms with van der Waals surface area (Å²) in [6.45, 7) is 5.91. The molecule has 0 atom stereocenters. The van der Waals surface area contributed by atoms with Gasteiger partial charge in [0.05, 0.1) is 10.2 Å². The molecule has 1 aromatic heterocycles. The summed E-state index contributed by atoms with van der Waals surface area (Å²) in [6.07, 6.45) is 3.57. The number of nitriles is 1. The maximum absolute atomic E-state index is 13.8. The number of aryl methyl sites for hydroxylation is 3. The van der Waals surface area contributed by atoms with E-state index in [0.29, 0.717) is 31.4 Å². The lowest BCUT2D eigenvalue weighted by atomic mass is 10.0. The Hall–Kier alpha value is -3.43. The Morgan fingerprint density at radius 1 is 1.05 bits per heavy atom. The van der Waals surface area contributed by atoms with Crippen molar-refractivity contribution in [1.29, 1.82) is 5.26 Å². The van der Waals surface area contributed by atoms with Crippen LogP contribution in [0.15, 0.2) is 65.5 Å². The Kier molecular flexibility index (Phi) is 8.14. The third-order valence-electron chi connectivity index (χ3n) is 5.99. The number of ketones is 1. The van der Waals surface area contributed by atoms with Crippen LogP contribution in [0.5, 0.6) is 0 Å². The van der Waals surface area contributed by atoms with Crippen molar-refractivity contribution in [2.75, 3.05) is 0 Å². The fourth-order valence-corrected chi connectivity index (χ4v) is 5.59. The lowest BCUT2D eigenvalue weighted by molar-refractivity contribution is 0.105. The smallest absolute Gasteiger partial charge is 0.273 e. The van der Waals surface area contributed by atoms with E-state index in [1.54, 1.807) is 36.4 Å². The Morgan fingerprint density at radius 3 is 2.43 bits per heavy atom. The number of aromatic nitrogens is 1. The highest BCUT2D eigenvalue weighted by Gasteiger charge is 2.19. The van der Waals surface area contributed by atoms with Gasteiger partial charge in [0.25, 0.3) is 5.56 Å². The highest BCUT2D eigenvalue weighted by Crippen LogP contribution is 2.21. The van der Waals surface area contributed by atoms with Gasteiger partial charge in [-0.15, -0.1) is 11.3 Å². The van der Waals surface area contributed by atoms with Crippen molar-refractivity contribution in [1.82, 2.24) is 4.57 Å². The molecule has 3 aromatic carbocycles. The number of carbonyl (C=O) groups is 1. The number of benzene rings is 3. The van der Waals surface area contributed by atoms with Crippen molar-refractivity contribution in [2.24, 2.45) is 0 Å². The SMILES string of the molecule is CCCc1ccc(C(=O)/C(C#N)=c2/s/c(=C\c3ccc(Cl)cc3Cl)c(=O)n2-c2cc(C)ccc2C)cc1. The van der Waals surface area contributed by atoms with Crippen molar-refractivity contribution in [3.63, 3.8) is 0 Å². The zero-order chi connectivity index (χ0) is 26.7. The average Bonchev–Trinajstić information content (AvgIpc) is 3.18. The fraction of sp³-hybridized carbons (Fsp3) is 0.167. The molecular formula is C30H24Cl2N2O2S. The van der Waals surface area contributed by atoms with Gasteiger partial charge >= 0.3 is 0 Å². The van der Waals surface area contributed by atoms with Gasteiger partial charge in [-0.25, -0.2) is 0 Å². The summed E-state index contributed by atoms with van der Waals surface area (Å²) in [6, 6.07) is 20.1. The van der Waals surface area contributed by atoms with Crippen molar-refractivity contribution in [3.05, 3.63) is 118 Å². The Balaban J connectivity index is 2.04. The van der Waals surface area contributed by atoms with Gasteiger partial charge in [0.15, 0.2) is 0 Å². The largest absolute Gasteiger partial charge is 0.288 e. The second-order valence-corrected chi connectivity index (χ2v) is 10.6. The van der Waals surface area contributed by atoms with Crippen LogP contribution in [-0.2, 0) is 6.42 Å². The highest BCUT2D eigenvalue weighted by atomic mass is 35.5. The topological polar surface area (TPSA) is 62.9 Å². The first-order valence-corrected chi connectivity index (χ1v) is 13.3. The second-order valence-electron chi connectivity index (χ2n) is 8.77. The molecule has 7 heteroatoms. The lowest BCUT2D eigenvalue weighted by Crippen LogP contribution is -2.32. The van der Waals surface area contributed by atoms with Crippen LogP contribution in [0.2, 0.25) is 10.0 Å². The van der Waals surface area contributed by atoms with Crippen LogP contribution >= 0.6 is 34.5 Å². The van der Waals surface area contributed by atoms with E-state index in [0.717, 1.165) is 40.9 Å². The molecule has 0 N–H and O–H groups in total. The summed E-state index contributed by atoms with van der Waals surface area (Å²) in [5.74, 6) is -0.429. The summed E-state index contributed by atoms with van der Waals surface area (Å²) in [5.41, 5.74) is 4.13. The van der Waals surface area contributed by atoms with E-state index in [2.05, 4.69) is 13.0 Å². The number of hydrogen-bond donors (Lipinski definition) is 0. The van der Waals surface area contributed by atoms with E-state index >= 15 is 0 Å². The number of Topliss-reactive ketones (excluding diaryl/α,β-unsaturated/α-hetero) is 1. The second kappa shape index (κ2) is 11.3. The van der Waals surface area contributed by atoms with Crippen LogP contribution < -0.4 is 14.8 Å². The van der Waals surface area contributed by atoms with Crippen LogP contribution in [0.4, 0.5) is 0 Å². The molecule has 0 aliphatic rings. The third-order valence-corrected chi connectivity index (χ3v) is 7.64. The normalized spacial score (nSPS) is 12.4. The van der Waals surface area contributed by atoms with Crippen molar-refractivity contribution < 1.29 is 4.79 Å². The number of nitrogens with zero attached hydrogens (tertiary/aromatic N) is 2. The van der Waals surface area contributed by atoms with Gasteiger partial charge in [-0.05, 0) is 66.8 Å². The molecule has 186 valence electrons. The first-order chi connectivity index (χ1) is 17.7. The predicted octanol–water partition coefficient (Wildman–Crippen LogP) is 6.16. The Morgan fingerprint density at radius 2 is 1.78 bits per heavy atom. The molecule has 37 heavy (non-hydrogen) atoms. The number of rotatable bonds is 6. The molecule has 0 saturated carbocycles. The van der Waals surface area contributed by atoms with Gasteiger partial charge < -0.3 is 0 Å². The van der Waals surface area contributed by atoms with Crippen LogP contribution in [0, 0.1) is 25.2 Å². The van der Waals surface area contributed by atoms with Crippen molar-refractivity contribution in [2.45, 2.75) is 33.6 Å². The van der Waals surface area contributed by atoms with Gasteiger partial charge in [0, 0.05) is 15.6 Å². The molecule has 0 fully saturated rings. The molecule has 0 amide bonds. The summed E-state index contributed by atoms with van der Waals surface area (Å²) >= 11 is 13.5. The van der Waals surface area contributed by atoms with E-state index in [1.807, 2.05) is 44.2 Å². The zero-order valence-electron chi connectivity index (χ0n) is 20.6. The quantitative estimate of drug-likeness (QED) is 0.272. The van der Waals surface area contributed by atoms with Gasteiger partial charge in [-0.3, -0.25) is 14.2 Å². The standard InChI is InChI=1S/C30H24Cl2N2O2S/c1-4-5-20-8-10-21(11-9-20)28(35)24(17-33)30-34(26-14-18(2)6-7-19(26)3)29(36)27(37-30)15-22-12-13-23(31)16-25(22)32/h6-16H,4-5H2,1-3H3/b27-15-,30-24+. The van der Waals surface area contributed by atoms with E-state index in [9.17, 15) is 14.9 Å². The molecular weight excluding hydrogens is 523 g/mol. The van der Waals surface area contributed by atoms with Crippen LogP contribution in [0.1, 0.15) is 46.0 Å². The molecule has 0 bridgehead atoms. The minimum Gasteiger partial charge on any atom is -0.288 e. The van der Waals surface area contributed by atoms with E-state index in [4.69, 9.17) is 23.2 Å². The first kappa shape index (κ1) is 26.6. The first-order valence-electron chi connectivity index (χ1n) is 11.8. The maximum atomic E-state index is 13.8. The number of thiazole rings is 1. The van der Waals surface area contributed by atoms with Gasteiger partial charge in [-0.2, -0.15) is 5.26 Å². The third kappa shape index (κ3) is 5.62. The van der Waals surface area contributed by atoms with Crippen LogP contribution in [-0.4, -0.2) is 10.4 Å². The van der Waals surface area contributed by atoms with Gasteiger partial charge in [0.2, 0.25) is 5.78 Å². The molecule has 0 radical (unpaired) electrons. The molecule has 0 aliphatic carbocycles. The summed E-state index contributed by atoms with van der Waals surface area (Å²) in [5, 5.41) is 11.0. The fourth-order valence-electron chi connectivity index (χ4n) is 4.04. The van der Waals surface area contributed by atoms with E-state index in [1.165, 1.54) is 4.57 Å². The molecule has 4 rings (SSSR count). The maximum Gasteiger partial charge on any atom is 0.273 e. The van der Waals surface area contributed by atoms with Gasteiger partial charge in [-0.1, -0.05) is 79.0 Å². The number of carbonyl (C=O) groups excluding carboxylic acids is 1. The molecule has 0 saturated heterocycles. The predicted molar refractivity (Wildman–Crippen MR) is 152 cm³/mol. The number of hydrogen-bond acceptors (Lipinski definition) is 4. The molecule has 1 heterocycles. The Bertz CT molecular complexity index is 1730.